The van der Waals surface area contributed by atoms with Gasteiger partial charge in [0.1, 0.15) is 12.4 Å². The van der Waals surface area contributed by atoms with Crippen LogP contribution in [-0.4, -0.2) is 43.7 Å². The molecule has 21 heavy (non-hydrogen) atoms. The Morgan fingerprint density at radius 3 is 2.76 bits per heavy atom. The Morgan fingerprint density at radius 2 is 2.10 bits per heavy atom. The molecular weight excluding hydrogens is 268 g/mol. The summed E-state index contributed by atoms with van der Waals surface area (Å²) in [7, 11) is 1.64. The van der Waals surface area contributed by atoms with Gasteiger partial charge in [0.2, 0.25) is 0 Å². The molecule has 0 atom stereocenters. The highest BCUT2D eigenvalue weighted by atomic mass is 16.5. The molecule has 0 bridgehead atoms. The predicted molar refractivity (Wildman–Crippen MR) is 80.8 cm³/mol. The van der Waals surface area contributed by atoms with Crippen LogP contribution in [0.3, 0.4) is 0 Å². The SMILES string of the molecule is COc1c(C)cnc(CC(=O)COC2CCNCC2)c1C. The van der Waals surface area contributed by atoms with Gasteiger partial charge in [0.15, 0.2) is 5.78 Å². The topological polar surface area (TPSA) is 60.5 Å². The Bertz CT molecular complexity index is 497. The van der Waals surface area contributed by atoms with E-state index in [1.165, 1.54) is 0 Å². The number of hydrogen-bond donors (Lipinski definition) is 1. The molecule has 1 aromatic rings. The summed E-state index contributed by atoms with van der Waals surface area (Å²) in [5.41, 5.74) is 2.70. The van der Waals surface area contributed by atoms with Crippen molar-refractivity contribution in [3.8, 4) is 5.75 Å². The van der Waals surface area contributed by atoms with Crippen molar-refractivity contribution in [1.29, 1.82) is 0 Å². The van der Waals surface area contributed by atoms with Crippen molar-refractivity contribution in [3.05, 3.63) is 23.0 Å². The first kappa shape index (κ1) is 15.9. The van der Waals surface area contributed by atoms with Crippen LogP contribution in [0.2, 0.25) is 0 Å². The molecule has 116 valence electrons. The summed E-state index contributed by atoms with van der Waals surface area (Å²) in [6, 6.07) is 0. The lowest BCUT2D eigenvalue weighted by Gasteiger charge is -2.22. The lowest BCUT2D eigenvalue weighted by atomic mass is 10.1. The predicted octanol–water partition coefficient (Wildman–Crippen LogP) is 1.59. The Kier molecular flexibility index (Phi) is 5.70. The first-order valence-electron chi connectivity index (χ1n) is 7.45. The zero-order valence-electron chi connectivity index (χ0n) is 13.1. The second kappa shape index (κ2) is 7.52. The Hall–Kier alpha value is -1.46. The van der Waals surface area contributed by atoms with Crippen LogP contribution in [0.25, 0.3) is 0 Å². The number of piperidine rings is 1. The van der Waals surface area contributed by atoms with Crippen LogP contribution in [0.4, 0.5) is 0 Å². The van der Waals surface area contributed by atoms with E-state index in [0.717, 1.165) is 48.5 Å². The van der Waals surface area contributed by atoms with Crippen LogP contribution in [0.1, 0.15) is 29.7 Å². The summed E-state index contributed by atoms with van der Waals surface area (Å²) in [6.07, 6.45) is 4.21. The maximum absolute atomic E-state index is 12.1. The molecule has 1 N–H and O–H groups in total. The molecule has 0 aromatic carbocycles. The van der Waals surface area contributed by atoms with Gasteiger partial charge >= 0.3 is 0 Å². The Labute approximate surface area is 126 Å². The smallest absolute Gasteiger partial charge is 0.164 e. The third-order valence-corrected chi connectivity index (χ3v) is 3.88. The van der Waals surface area contributed by atoms with E-state index in [-0.39, 0.29) is 18.5 Å². The van der Waals surface area contributed by atoms with Crippen molar-refractivity contribution in [2.24, 2.45) is 0 Å². The summed E-state index contributed by atoms with van der Waals surface area (Å²) in [5, 5.41) is 3.28. The molecule has 1 saturated heterocycles. The van der Waals surface area contributed by atoms with Crippen molar-refractivity contribution in [2.75, 3.05) is 26.8 Å². The number of nitrogens with one attached hydrogen (secondary N) is 1. The third-order valence-electron chi connectivity index (χ3n) is 3.88. The fraction of sp³-hybridized carbons (Fsp3) is 0.625. The molecule has 0 unspecified atom stereocenters. The van der Waals surface area contributed by atoms with E-state index >= 15 is 0 Å². The van der Waals surface area contributed by atoms with Gasteiger partial charge in [-0.3, -0.25) is 9.78 Å². The number of methoxy groups -OCH3 is 1. The molecule has 1 fully saturated rings. The molecule has 1 aliphatic rings. The molecule has 1 aliphatic heterocycles. The van der Waals surface area contributed by atoms with Crippen molar-refractivity contribution >= 4 is 5.78 Å². The van der Waals surface area contributed by atoms with Gasteiger partial charge in [-0.05, 0) is 39.8 Å². The average molecular weight is 292 g/mol. The van der Waals surface area contributed by atoms with Crippen molar-refractivity contribution in [3.63, 3.8) is 0 Å². The number of aryl methyl sites for hydroxylation is 1. The summed E-state index contributed by atoms with van der Waals surface area (Å²) in [6.45, 7) is 5.99. The van der Waals surface area contributed by atoms with E-state index in [9.17, 15) is 4.79 Å². The lowest BCUT2D eigenvalue weighted by molar-refractivity contribution is -0.125. The fourth-order valence-corrected chi connectivity index (χ4v) is 2.66. The number of carbonyl (C=O) groups excluding carboxylic acids is 1. The molecule has 5 heteroatoms. The maximum atomic E-state index is 12.1. The van der Waals surface area contributed by atoms with E-state index < -0.39 is 0 Å². The fourth-order valence-electron chi connectivity index (χ4n) is 2.66. The summed E-state index contributed by atoms with van der Waals surface area (Å²) < 4.78 is 11.1. The van der Waals surface area contributed by atoms with Crippen LogP contribution in [-0.2, 0) is 16.0 Å². The molecule has 5 nitrogen and oxygen atoms in total. The molecule has 0 radical (unpaired) electrons. The number of hydrogen-bond acceptors (Lipinski definition) is 5. The number of Topliss-reactive ketones (excluding diaryl/α,β-unsaturated/α-hetero) is 1. The van der Waals surface area contributed by atoms with Gasteiger partial charge in [0, 0.05) is 17.3 Å². The molecule has 2 rings (SSSR count). The molecule has 0 spiro atoms. The number of pyridine rings is 1. The maximum Gasteiger partial charge on any atom is 0.164 e. The number of carbonyl (C=O) groups is 1. The van der Waals surface area contributed by atoms with Crippen molar-refractivity contribution in [1.82, 2.24) is 10.3 Å². The minimum Gasteiger partial charge on any atom is -0.496 e. The highest BCUT2D eigenvalue weighted by Crippen LogP contribution is 2.24. The minimum absolute atomic E-state index is 0.0649. The number of ether oxygens (including phenoxy) is 2. The third kappa shape index (κ3) is 4.25. The number of aromatic nitrogens is 1. The summed E-state index contributed by atoms with van der Waals surface area (Å²) in [5.74, 6) is 0.877. The Morgan fingerprint density at radius 1 is 1.38 bits per heavy atom. The number of ketones is 1. The van der Waals surface area contributed by atoms with Crippen LogP contribution in [0.5, 0.6) is 5.75 Å². The van der Waals surface area contributed by atoms with E-state index in [1.807, 2.05) is 13.8 Å². The van der Waals surface area contributed by atoms with Gasteiger partial charge in [-0.2, -0.15) is 0 Å². The second-order valence-corrected chi connectivity index (χ2v) is 5.52. The van der Waals surface area contributed by atoms with E-state index in [0.29, 0.717) is 6.42 Å². The van der Waals surface area contributed by atoms with Gasteiger partial charge in [-0.25, -0.2) is 0 Å². The number of rotatable bonds is 6. The van der Waals surface area contributed by atoms with Gasteiger partial charge in [-0.1, -0.05) is 0 Å². The van der Waals surface area contributed by atoms with E-state index in [1.54, 1.807) is 13.3 Å². The van der Waals surface area contributed by atoms with Gasteiger partial charge in [0.25, 0.3) is 0 Å². The van der Waals surface area contributed by atoms with Crippen LogP contribution < -0.4 is 10.1 Å². The molecular formula is C16H24N2O3. The first-order valence-corrected chi connectivity index (χ1v) is 7.45. The highest BCUT2D eigenvalue weighted by molar-refractivity contribution is 5.82. The zero-order chi connectivity index (χ0) is 15.2. The van der Waals surface area contributed by atoms with Gasteiger partial charge in [-0.15, -0.1) is 0 Å². The standard InChI is InChI=1S/C16H24N2O3/c1-11-9-18-15(12(2)16(11)20-3)8-13(19)10-21-14-4-6-17-7-5-14/h9,14,17H,4-8,10H2,1-3H3. The normalized spacial score (nSPS) is 16.0. The van der Waals surface area contributed by atoms with Crippen molar-refractivity contribution in [2.45, 2.75) is 39.2 Å². The molecule has 0 amide bonds. The monoisotopic (exact) mass is 292 g/mol. The van der Waals surface area contributed by atoms with Crippen molar-refractivity contribution < 1.29 is 14.3 Å². The molecule has 2 heterocycles. The minimum atomic E-state index is 0.0649. The molecule has 0 saturated carbocycles. The van der Waals surface area contributed by atoms with E-state index in [4.69, 9.17) is 9.47 Å². The zero-order valence-corrected chi connectivity index (χ0v) is 13.1. The van der Waals surface area contributed by atoms with Crippen LogP contribution in [0, 0.1) is 13.8 Å². The lowest BCUT2D eigenvalue weighted by Crippen LogP contribution is -2.33. The largest absolute Gasteiger partial charge is 0.496 e. The Balaban J connectivity index is 1.90. The quantitative estimate of drug-likeness (QED) is 0.862. The van der Waals surface area contributed by atoms with E-state index in [2.05, 4.69) is 10.3 Å². The first-order chi connectivity index (χ1) is 10.1. The van der Waals surface area contributed by atoms with Crippen LogP contribution >= 0.6 is 0 Å². The van der Waals surface area contributed by atoms with Gasteiger partial charge in [0.05, 0.1) is 25.3 Å². The summed E-state index contributed by atoms with van der Waals surface area (Å²) >= 11 is 0. The highest BCUT2D eigenvalue weighted by Gasteiger charge is 2.17. The molecule has 0 aliphatic carbocycles. The van der Waals surface area contributed by atoms with Crippen LogP contribution in [0.15, 0.2) is 6.20 Å². The van der Waals surface area contributed by atoms with Gasteiger partial charge < -0.3 is 14.8 Å². The molecule has 1 aromatic heterocycles. The summed E-state index contributed by atoms with van der Waals surface area (Å²) in [4.78, 5) is 16.4. The number of nitrogens with zero attached hydrogens (tertiary/aromatic N) is 1. The second-order valence-electron chi connectivity index (χ2n) is 5.52. The average Bonchev–Trinajstić information content (AvgIpc) is 2.50.